The van der Waals surface area contributed by atoms with E-state index < -0.39 is 5.97 Å². The van der Waals surface area contributed by atoms with Gasteiger partial charge in [0.25, 0.3) is 0 Å². The van der Waals surface area contributed by atoms with Crippen molar-refractivity contribution in [1.82, 2.24) is 15.0 Å². The number of carboxylic acids is 1. The number of hydrogen-bond acceptors (Lipinski definition) is 6. The lowest BCUT2D eigenvalue weighted by Crippen LogP contribution is -2.08. The van der Waals surface area contributed by atoms with Gasteiger partial charge in [-0.2, -0.15) is 0 Å². The molecule has 2 rings (SSSR count). The lowest BCUT2D eigenvalue weighted by Gasteiger charge is -2.14. The Morgan fingerprint density at radius 2 is 1.89 bits per heavy atom. The van der Waals surface area contributed by atoms with Crippen LogP contribution in [0.1, 0.15) is 61.3 Å². The van der Waals surface area contributed by atoms with Gasteiger partial charge < -0.3 is 15.2 Å². The average molecular weight is 386 g/mol. The quantitative estimate of drug-likeness (QED) is 0.532. The van der Waals surface area contributed by atoms with E-state index in [1.165, 1.54) is 7.11 Å². The zero-order chi connectivity index (χ0) is 20.4. The Labute approximate surface area is 166 Å². The van der Waals surface area contributed by atoms with E-state index in [-0.39, 0.29) is 12.3 Å². The van der Waals surface area contributed by atoms with E-state index in [4.69, 9.17) is 4.74 Å². The molecule has 0 bridgehead atoms. The van der Waals surface area contributed by atoms with Gasteiger partial charge in [-0.15, -0.1) is 0 Å². The fraction of sp³-hybridized carbons (Fsp3) is 0.524. The van der Waals surface area contributed by atoms with Crippen molar-refractivity contribution in [3.8, 4) is 6.01 Å². The fourth-order valence-electron chi connectivity index (χ4n) is 3.25. The molecule has 1 atom stereocenters. The van der Waals surface area contributed by atoms with E-state index in [1.54, 1.807) is 12.4 Å². The summed E-state index contributed by atoms with van der Waals surface area (Å²) in [6.45, 7) is 2.05. The van der Waals surface area contributed by atoms with Gasteiger partial charge in [-0.25, -0.2) is 15.0 Å². The Kier molecular flexibility index (Phi) is 8.65. The van der Waals surface area contributed by atoms with Crippen molar-refractivity contribution in [3.05, 3.63) is 41.3 Å². The fourth-order valence-corrected chi connectivity index (χ4v) is 3.25. The molecular weight excluding hydrogens is 356 g/mol. The highest BCUT2D eigenvalue weighted by Gasteiger charge is 2.16. The molecule has 0 aliphatic carbocycles. The van der Waals surface area contributed by atoms with E-state index in [2.05, 4.69) is 32.4 Å². The van der Waals surface area contributed by atoms with Gasteiger partial charge in [0.05, 0.1) is 13.5 Å². The summed E-state index contributed by atoms with van der Waals surface area (Å²) in [5.74, 6) is 0.0719. The molecule has 2 aromatic rings. The maximum absolute atomic E-state index is 11.2. The molecule has 0 radical (unpaired) electrons. The maximum atomic E-state index is 11.2. The summed E-state index contributed by atoms with van der Waals surface area (Å²) in [6.07, 6.45) is 9.43. The first kappa shape index (κ1) is 21.6. The van der Waals surface area contributed by atoms with Crippen LogP contribution in [0.25, 0.3) is 0 Å². The number of carboxylic acid groups (broad SMARTS) is 1. The van der Waals surface area contributed by atoms with E-state index in [1.807, 2.05) is 14.0 Å². The van der Waals surface area contributed by atoms with Crippen LogP contribution in [0.2, 0.25) is 0 Å². The molecule has 0 aliphatic heterocycles. The maximum Gasteiger partial charge on any atom is 0.316 e. The standard InChI is InChI=1S/C21H30N4O3/c1-15-10-11-18(25-20(15)22-2)9-7-5-4-6-8-16(12-19(26)27)17-13-23-21(28-3)24-14-17/h10-11,13-14,16H,4-9,12H2,1-3H3,(H,22,25)(H,26,27)/t16-/m0/s1. The van der Waals surface area contributed by atoms with Gasteiger partial charge in [0.15, 0.2) is 0 Å². The topological polar surface area (TPSA) is 97.2 Å². The number of hydrogen-bond donors (Lipinski definition) is 2. The van der Waals surface area contributed by atoms with Crippen LogP contribution in [0.3, 0.4) is 0 Å². The van der Waals surface area contributed by atoms with Crippen LogP contribution < -0.4 is 10.1 Å². The summed E-state index contributed by atoms with van der Waals surface area (Å²) >= 11 is 0. The summed E-state index contributed by atoms with van der Waals surface area (Å²) in [7, 11) is 3.40. The van der Waals surface area contributed by atoms with Crippen LogP contribution in [0.4, 0.5) is 5.82 Å². The highest BCUT2D eigenvalue weighted by molar-refractivity contribution is 5.68. The van der Waals surface area contributed by atoms with Crippen molar-refractivity contribution in [1.29, 1.82) is 0 Å². The predicted octanol–water partition coefficient (Wildman–Crippen LogP) is 3.98. The highest BCUT2D eigenvalue weighted by Crippen LogP contribution is 2.26. The van der Waals surface area contributed by atoms with Gasteiger partial charge in [-0.1, -0.05) is 25.3 Å². The summed E-state index contributed by atoms with van der Waals surface area (Å²) in [6, 6.07) is 4.48. The molecule has 28 heavy (non-hydrogen) atoms. The van der Waals surface area contributed by atoms with Crippen molar-refractivity contribution in [2.24, 2.45) is 0 Å². The second-order valence-corrected chi connectivity index (χ2v) is 6.97. The third kappa shape index (κ3) is 6.79. The number of aromatic nitrogens is 3. The van der Waals surface area contributed by atoms with Crippen LogP contribution in [-0.4, -0.2) is 40.2 Å². The predicted molar refractivity (Wildman–Crippen MR) is 109 cm³/mol. The van der Waals surface area contributed by atoms with Gasteiger partial charge >= 0.3 is 12.0 Å². The molecule has 7 nitrogen and oxygen atoms in total. The first-order valence-electron chi connectivity index (χ1n) is 9.75. The highest BCUT2D eigenvalue weighted by atomic mass is 16.5. The molecule has 2 heterocycles. The van der Waals surface area contributed by atoms with Crippen LogP contribution in [-0.2, 0) is 11.2 Å². The summed E-state index contributed by atoms with van der Waals surface area (Å²) < 4.78 is 4.97. The van der Waals surface area contributed by atoms with E-state index in [0.29, 0.717) is 6.01 Å². The van der Waals surface area contributed by atoms with E-state index in [0.717, 1.165) is 61.2 Å². The lowest BCUT2D eigenvalue weighted by atomic mass is 9.92. The minimum Gasteiger partial charge on any atom is -0.481 e. The molecule has 0 spiro atoms. The molecule has 7 heteroatoms. The number of rotatable bonds is 12. The Hall–Kier alpha value is -2.70. The monoisotopic (exact) mass is 386 g/mol. The van der Waals surface area contributed by atoms with Crippen molar-refractivity contribution in [2.75, 3.05) is 19.5 Å². The first-order valence-corrected chi connectivity index (χ1v) is 9.75. The molecule has 0 unspecified atom stereocenters. The third-order valence-electron chi connectivity index (χ3n) is 4.85. The molecule has 152 valence electrons. The number of nitrogens with zero attached hydrogens (tertiary/aromatic N) is 3. The number of carbonyl (C=O) groups is 1. The molecule has 0 fully saturated rings. The number of nitrogens with one attached hydrogen (secondary N) is 1. The van der Waals surface area contributed by atoms with Gasteiger partial charge in [-0.3, -0.25) is 4.79 Å². The van der Waals surface area contributed by atoms with E-state index in [9.17, 15) is 9.90 Å². The average Bonchev–Trinajstić information content (AvgIpc) is 2.70. The molecule has 0 saturated carbocycles. The number of ether oxygens (including phenoxy) is 1. The number of unbranched alkanes of at least 4 members (excludes halogenated alkanes) is 3. The SMILES string of the molecule is CNc1nc(CCCCCC[C@@H](CC(=O)O)c2cnc(OC)nc2)ccc1C. The van der Waals surface area contributed by atoms with Crippen LogP contribution in [0.5, 0.6) is 6.01 Å². The van der Waals surface area contributed by atoms with Gasteiger partial charge in [0, 0.05) is 25.1 Å². The van der Waals surface area contributed by atoms with Gasteiger partial charge in [0.1, 0.15) is 5.82 Å². The van der Waals surface area contributed by atoms with Crippen molar-refractivity contribution >= 4 is 11.8 Å². The molecule has 2 aromatic heterocycles. The lowest BCUT2D eigenvalue weighted by molar-refractivity contribution is -0.137. The largest absolute Gasteiger partial charge is 0.481 e. The first-order chi connectivity index (χ1) is 13.5. The van der Waals surface area contributed by atoms with Crippen LogP contribution >= 0.6 is 0 Å². The molecule has 0 amide bonds. The third-order valence-corrected chi connectivity index (χ3v) is 4.85. The molecule has 2 N–H and O–H groups in total. The number of pyridine rings is 1. The normalized spacial score (nSPS) is 11.8. The summed E-state index contributed by atoms with van der Waals surface area (Å²) in [5.41, 5.74) is 3.11. The second-order valence-electron chi connectivity index (χ2n) is 6.97. The zero-order valence-electron chi connectivity index (χ0n) is 16.9. The minimum absolute atomic E-state index is 0.0691. The summed E-state index contributed by atoms with van der Waals surface area (Å²) in [5, 5.41) is 12.3. The second kappa shape index (κ2) is 11.2. The van der Waals surface area contributed by atoms with Crippen molar-refractivity contribution in [2.45, 2.75) is 57.8 Å². The smallest absolute Gasteiger partial charge is 0.316 e. The Balaban J connectivity index is 1.76. The van der Waals surface area contributed by atoms with E-state index >= 15 is 0 Å². The van der Waals surface area contributed by atoms with Crippen molar-refractivity contribution < 1.29 is 14.6 Å². The minimum atomic E-state index is -0.799. The van der Waals surface area contributed by atoms with Gasteiger partial charge in [0.2, 0.25) is 0 Å². The number of methoxy groups -OCH3 is 1. The van der Waals surface area contributed by atoms with Crippen LogP contribution in [0, 0.1) is 6.92 Å². The van der Waals surface area contributed by atoms with Crippen LogP contribution in [0.15, 0.2) is 24.5 Å². The molecule has 0 saturated heterocycles. The Morgan fingerprint density at radius 1 is 1.18 bits per heavy atom. The molecule has 0 aromatic carbocycles. The zero-order valence-corrected chi connectivity index (χ0v) is 16.9. The molecular formula is C21H30N4O3. The van der Waals surface area contributed by atoms with Crippen molar-refractivity contribution in [3.63, 3.8) is 0 Å². The number of anilines is 1. The Bertz CT molecular complexity index is 750. The molecule has 0 aliphatic rings. The number of aryl methyl sites for hydroxylation is 2. The number of aliphatic carboxylic acids is 1. The summed E-state index contributed by atoms with van der Waals surface area (Å²) in [4.78, 5) is 24.0. The Morgan fingerprint density at radius 3 is 2.54 bits per heavy atom. The van der Waals surface area contributed by atoms with Gasteiger partial charge in [-0.05, 0) is 49.3 Å².